The lowest BCUT2D eigenvalue weighted by atomic mass is 10.4. The van der Waals surface area contributed by atoms with Crippen molar-refractivity contribution >= 4 is 16.1 Å². The summed E-state index contributed by atoms with van der Waals surface area (Å²) in [5.41, 5.74) is 0. The quantitative estimate of drug-likeness (QED) is 0.508. The summed E-state index contributed by atoms with van der Waals surface area (Å²) in [7, 11) is -5.57. The van der Waals surface area contributed by atoms with E-state index in [0.717, 1.165) is 6.92 Å². The molecule has 0 bridgehead atoms. The smallest absolute Gasteiger partial charge is 0.407 e. The fraction of sp³-hybridized carbons (Fsp3) is 0.800. The number of rotatable bonds is 3. The van der Waals surface area contributed by atoms with Gasteiger partial charge in [-0.05, 0) is 0 Å². The highest BCUT2D eigenvalue weighted by Crippen LogP contribution is 2.25. The van der Waals surface area contributed by atoms with Crippen LogP contribution in [0.2, 0.25) is 0 Å². The van der Waals surface area contributed by atoms with Crippen LogP contribution in [0.1, 0.15) is 6.92 Å². The Kier molecular flexibility index (Phi) is 3.89. The van der Waals surface area contributed by atoms with Crippen LogP contribution in [0.5, 0.6) is 0 Å². The molecule has 0 aliphatic rings. The van der Waals surface area contributed by atoms with Gasteiger partial charge in [-0.15, -0.1) is 0 Å². The van der Waals surface area contributed by atoms with Gasteiger partial charge >= 0.3 is 12.1 Å². The van der Waals surface area contributed by atoms with Gasteiger partial charge in [0.25, 0.3) is 0 Å². The molecule has 0 aliphatic heterocycles. The summed E-state index contributed by atoms with van der Waals surface area (Å²) in [6, 6.07) is 0. The van der Waals surface area contributed by atoms with Gasteiger partial charge in [-0.2, -0.15) is 13.2 Å². The molecule has 1 unspecified atom stereocenters. The van der Waals surface area contributed by atoms with Crippen molar-refractivity contribution in [2.75, 3.05) is 6.61 Å². The number of carbonyl (C=O) groups is 1. The highest BCUT2D eigenvalue weighted by Gasteiger charge is 2.45. The largest absolute Gasteiger partial charge is 0.747 e. The van der Waals surface area contributed by atoms with Crippen molar-refractivity contribution in [3.05, 3.63) is 0 Å². The highest BCUT2D eigenvalue weighted by molar-refractivity contribution is 7.86. The van der Waals surface area contributed by atoms with Gasteiger partial charge in [0.15, 0.2) is 5.25 Å². The first-order chi connectivity index (χ1) is 6.05. The van der Waals surface area contributed by atoms with Crippen LogP contribution in [0, 0.1) is 0 Å². The molecule has 0 N–H and O–H groups in total. The lowest BCUT2D eigenvalue weighted by Crippen LogP contribution is -2.40. The first-order valence-electron chi connectivity index (χ1n) is 3.20. The maximum atomic E-state index is 11.9. The Morgan fingerprint density at radius 2 is 1.93 bits per heavy atom. The first kappa shape index (κ1) is 13.2. The SMILES string of the molecule is CC(=O)OCC(C(F)(F)F)S(=O)(=O)[O-]. The third-order valence-corrected chi connectivity index (χ3v) is 2.25. The molecule has 5 nitrogen and oxygen atoms in total. The van der Waals surface area contributed by atoms with Crippen LogP contribution in [0.4, 0.5) is 13.2 Å². The summed E-state index contributed by atoms with van der Waals surface area (Å²) in [4.78, 5) is 10.1. The van der Waals surface area contributed by atoms with E-state index in [0.29, 0.717) is 0 Å². The lowest BCUT2D eigenvalue weighted by molar-refractivity contribution is -0.155. The molecule has 9 heteroatoms. The second kappa shape index (κ2) is 4.13. The fourth-order valence-corrected chi connectivity index (χ4v) is 1.10. The summed E-state index contributed by atoms with van der Waals surface area (Å²) in [6.07, 6.45) is -5.24. The van der Waals surface area contributed by atoms with E-state index in [2.05, 4.69) is 4.74 Å². The molecule has 0 radical (unpaired) electrons. The molecule has 0 amide bonds. The van der Waals surface area contributed by atoms with Crippen molar-refractivity contribution in [1.82, 2.24) is 0 Å². The molecule has 0 aliphatic carbocycles. The predicted octanol–water partition coefficient (Wildman–Crippen LogP) is 0.0256. The van der Waals surface area contributed by atoms with Crippen molar-refractivity contribution in [2.45, 2.75) is 18.3 Å². The van der Waals surface area contributed by atoms with Crippen LogP contribution >= 0.6 is 0 Å². The molecule has 84 valence electrons. The average molecular weight is 235 g/mol. The third kappa shape index (κ3) is 4.42. The van der Waals surface area contributed by atoms with E-state index in [4.69, 9.17) is 0 Å². The van der Waals surface area contributed by atoms with Crippen molar-refractivity contribution in [3.8, 4) is 0 Å². The van der Waals surface area contributed by atoms with Gasteiger partial charge in [0.05, 0.1) is 0 Å². The van der Waals surface area contributed by atoms with E-state index >= 15 is 0 Å². The van der Waals surface area contributed by atoms with Crippen LogP contribution in [-0.4, -0.2) is 37.0 Å². The number of ether oxygens (including phenoxy) is 1. The second-order valence-corrected chi connectivity index (χ2v) is 3.88. The number of esters is 1. The summed E-state index contributed by atoms with van der Waals surface area (Å²) < 4.78 is 69.9. The standard InChI is InChI=1S/C5H7F3O5S/c1-3(9)13-2-4(5(6,7)8)14(10,11)12/h4H,2H2,1H3,(H,10,11,12)/p-1. The van der Waals surface area contributed by atoms with Gasteiger partial charge in [-0.1, -0.05) is 0 Å². The van der Waals surface area contributed by atoms with Crippen molar-refractivity contribution in [3.63, 3.8) is 0 Å². The normalized spacial score (nSPS) is 14.9. The predicted molar refractivity (Wildman–Crippen MR) is 36.2 cm³/mol. The van der Waals surface area contributed by atoms with Gasteiger partial charge in [-0.25, -0.2) is 8.42 Å². The number of carbonyl (C=O) groups excluding carboxylic acids is 1. The minimum atomic E-state index is -5.57. The zero-order valence-corrected chi connectivity index (χ0v) is 7.68. The molecule has 1 atom stereocenters. The van der Waals surface area contributed by atoms with E-state index in [9.17, 15) is 30.9 Å². The Bertz CT molecular complexity index is 306. The Labute approximate surface area is 77.6 Å². The van der Waals surface area contributed by atoms with Gasteiger partial charge in [0.1, 0.15) is 16.7 Å². The molecule has 0 saturated carbocycles. The maximum Gasteiger partial charge on any atom is 0.407 e. The molecule has 0 aromatic rings. The van der Waals surface area contributed by atoms with Gasteiger partial charge in [0.2, 0.25) is 0 Å². The highest BCUT2D eigenvalue weighted by atomic mass is 32.2. The van der Waals surface area contributed by atoms with Gasteiger partial charge < -0.3 is 9.29 Å². The summed E-state index contributed by atoms with van der Waals surface area (Å²) >= 11 is 0. The van der Waals surface area contributed by atoms with Crippen molar-refractivity contribution < 1.29 is 35.7 Å². The van der Waals surface area contributed by atoms with Gasteiger partial charge in [0, 0.05) is 6.92 Å². The van der Waals surface area contributed by atoms with Crippen LogP contribution in [0.15, 0.2) is 0 Å². The van der Waals surface area contributed by atoms with Crippen LogP contribution in [0.25, 0.3) is 0 Å². The first-order valence-corrected chi connectivity index (χ1v) is 4.67. The minimum Gasteiger partial charge on any atom is -0.747 e. The van der Waals surface area contributed by atoms with Crippen LogP contribution in [0.3, 0.4) is 0 Å². The van der Waals surface area contributed by atoms with Crippen molar-refractivity contribution in [1.29, 1.82) is 0 Å². The van der Waals surface area contributed by atoms with E-state index in [-0.39, 0.29) is 0 Å². The van der Waals surface area contributed by atoms with Crippen LogP contribution < -0.4 is 0 Å². The van der Waals surface area contributed by atoms with Crippen LogP contribution in [-0.2, 0) is 19.6 Å². The zero-order valence-electron chi connectivity index (χ0n) is 6.87. The Balaban J connectivity index is 4.69. The molecule has 0 fully saturated rings. The monoisotopic (exact) mass is 235 g/mol. The second-order valence-electron chi connectivity index (χ2n) is 2.33. The Morgan fingerprint density at radius 1 is 1.50 bits per heavy atom. The zero-order chi connectivity index (χ0) is 11.6. The molecule has 0 aromatic heterocycles. The molecule has 0 heterocycles. The van der Waals surface area contributed by atoms with E-state index in [1.807, 2.05) is 0 Å². The maximum absolute atomic E-state index is 11.9. The number of hydrogen-bond acceptors (Lipinski definition) is 5. The molecular weight excluding hydrogens is 229 g/mol. The van der Waals surface area contributed by atoms with E-state index in [1.165, 1.54) is 0 Å². The lowest BCUT2D eigenvalue weighted by Gasteiger charge is -2.22. The molecular formula is C5H6F3O5S-. The molecule has 0 spiro atoms. The molecule has 0 rings (SSSR count). The topological polar surface area (TPSA) is 83.5 Å². The molecule has 0 aromatic carbocycles. The fourth-order valence-electron chi connectivity index (χ4n) is 0.535. The third-order valence-electron chi connectivity index (χ3n) is 1.15. The number of alkyl halides is 3. The van der Waals surface area contributed by atoms with E-state index in [1.54, 1.807) is 0 Å². The van der Waals surface area contributed by atoms with Gasteiger partial charge in [-0.3, -0.25) is 4.79 Å². The number of halogens is 3. The summed E-state index contributed by atoms with van der Waals surface area (Å²) in [6.45, 7) is -0.713. The summed E-state index contributed by atoms with van der Waals surface area (Å²) in [5, 5.41) is -3.21. The average Bonchev–Trinajstić information content (AvgIpc) is 1.78. The Hall–Kier alpha value is -0.830. The summed E-state index contributed by atoms with van der Waals surface area (Å²) in [5.74, 6) is -1.09. The number of hydrogen-bond donors (Lipinski definition) is 0. The minimum absolute atomic E-state index is 0.796. The van der Waals surface area contributed by atoms with Crippen molar-refractivity contribution in [2.24, 2.45) is 0 Å². The molecule has 0 saturated heterocycles. The Morgan fingerprint density at radius 3 is 2.14 bits per heavy atom. The van der Waals surface area contributed by atoms with E-state index < -0.39 is 34.1 Å². The molecule has 14 heavy (non-hydrogen) atoms.